The molecular weight excluding hydrogens is 268 g/mol. The quantitative estimate of drug-likeness (QED) is 0.873. The highest BCUT2D eigenvalue weighted by Crippen LogP contribution is 2.19. The molecule has 2 rings (SSSR count). The zero-order valence-electron chi connectivity index (χ0n) is 10.3. The van der Waals surface area contributed by atoms with Gasteiger partial charge in [-0.25, -0.2) is 9.78 Å². The number of carboxylic acid groups (broad SMARTS) is 1. The highest BCUT2D eigenvalue weighted by molar-refractivity contribution is 6.33. The van der Waals surface area contributed by atoms with Crippen molar-refractivity contribution in [2.75, 3.05) is 11.9 Å². The van der Waals surface area contributed by atoms with Gasteiger partial charge in [0.1, 0.15) is 5.82 Å². The Kier molecular flexibility index (Phi) is 4.01. The van der Waals surface area contributed by atoms with Gasteiger partial charge in [0, 0.05) is 32.4 Å². The van der Waals surface area contributed by atoms with E-state index in [1.165, 1.54) is 12.3 Å². The van der Waals surface area contributed by atoms with Crippen LogP contribution in [0.15, 0.2) is 24.5 Å². The van der Waals surface area contributed by atoms with Gasteiger partial charge in [-0.15, -0.1) is 0 Å². The van der Waals surface area contributed by atoms with Crippen LogP contribution < -0.4 is 5.32 Å². The largest absolute Gasteiger partial charge is 0.478 e. The van der Waals surface area contributed by atoms with E-state index in [4.69, 9.17) is 16.7 Å². The van der Waals surface area contributed by atoms with Gasteiger partial charge in [-0.2, -0.15) is 5.10 Å². The molecule has 0 saturated heterocycles. The van der Waals surface area contributed by atoms with E-state index in [-0.39, 0.29) is 5.56 Å². The van der Waals surface area contributed by atoms with Crippen LogP contribution in [0.1, 0.15) is 16.1 Å². The highest BCUT2D eigenvalue weighted by Gasteiger charge is 2.08. The lowest BCUT2D eigenvalue weighted by Gasteiger charge is -2.06. The molecule has 0 aliphatic heterocycles. The number of rotatable bonds is 5. The lowest BCUT2D eigenvalue weighted by Crippen LogP contribution is -2.08. The van der Waals surface area contributed by atoms with Crippen LogP contribution >= 0.6 is 11.6 Å². The van der Waals surface area contributed by atoms with Crippen molar-refractivity contribution in [3.63, 3.8) is 0 Å². The zero-order chi connectivity index (χ0) is 13.8. The Balaban J connectivity index is 1.94. The number of aryl methyl sites for hydroxylation is 1. The molecule has 2 heterocycles. The summed E-state index contributed by atoms with van der Waals surface area (Å²) in [4.78, 5) is 14.7. The summed E-state index contributed by atoms with van der Waals surface area (Å²) >= 11 is 5.95. The Labute approximate surface area is 115 Å². The predicted molar refractivity (Wildman–Crippen MR) is 71.6 cm³/mol. The van der Waals surface area contributed by atoms with Crippen LogP contribution in [0.3, 0.4) is 0 Å². The van der Waals surface area contributed by atoms with Crippen molar-refractivity contribution in [2.24, 2.45) is 7.05 Å². The SMILES string of the molecule is Cn1ccc(CCNc2ncc(C(=O)O)cc2Cl)n1. The lowest BCUT2D eigenvalue weighted by atomic mass is 10.3. The summed E-state index contributed by atoms with van der Waals surface area (Å²) in [5, 5.41) is 16.4. The van der Waals surface area contributed by atoms with Gasteiger partial charge in [-0.3, -0.25) is 4.68 Å². The molecule has 0 aliphatic rings. The Morgan fingerprint density at radius 1 is 1.58 bits per heavy atom. The van der Waals surface area contributed by atoms with Crippen LogP contribution in [0.4, 0.5) is 5.82 Å². The summed E-state index contributed by atoms with van der Waals surface area (Å²) in [5.74, 6) is -0.572. The van der Waals surface area contributed by atoms with Gasteiger partial charge in [-0.1, -0.05) is 11.6 Å². The normalized spacial score (nSPS) is 10.4. The van der Waals surface area contributed by atoms with Gasteiger partial charge >= 0.3 is 5.97 Å². The summed E-state index contributed by atoms with van der Waals surface area (Å²) in [6.45, 7) is 0.621. The van der Waals surface area contributed by atoms with Crippen LogP contribution in [0.5, 0.6) is 0 Å². The molecule has 2 N–H and O–H groups in total. The van der Waals surface area contributed by atoms with Crippen LogP contribution in [0.25, 0.3) is 0 Å². The molecule has 0 amide bonds. The van der Waals surface area contributed by atoms with Crippen LogP contribution in [-0.2, 0) is 13.5 Å². The van der Waals surface area contributed by atoms with Crippen LogP contribution in [-0.4, -0.2) is 32.4 Å². The summed E-state index contributed by atoms with van der Waals surface area (Å²) in [6, 6.07) is 3.31. The third-order valence-corrected chi connectivity index (χ3v) is 2.82. The monoisotopic (exact) mass is 280 g/mol. The van der Waals surface area contributed by atoms with E-state index in [2.05, 4.69) is 15.4 Å². The maximum absolute atomic E-state index is 10.7. The fourth-order valence-electron chi connectivity index (χ4n) is 1.59. The average Bonchev–Trinajstić information content (AvgIpc) is 2.77. The van der Waals surface area contributed by atoms with E-state index in [1.54, 1.807) is 4.68 Å². The second kappa shape index (κ2) is 5.71. The minimum absolute atomic E-state index is 0.0697. The smallest absolute Gasteiger partial charge is 0.337 e. The first kappa shape index (κ1) is 13.4. The van der Waals surface area contributed by atoms with E-state index in [9.17, 15) is 4.79 Å². The molecular formula is C12H13ClN4O2. The van der Waals surface area contributed by atoms with Crippen molar-refractivity contribution in [3.8, 4) is 0 Å². The summed E-state index contributed by atoms with van der Waals surface area (Å²) in [6.07, 6.45) is 3.89. The predicted octanol–water partition coefficient (Wildman–Crippen LogP) is 1.82. The van der Waals surface area contributed by atoms with Crippen molar-refractivity contribution in [1.82, 2.24) is 14.8 Å². The molecule has 100 valence electrons. The topological polar surface area (TPSA) is 80.0 Å². The first-order chi connectivity index (χ1) is 9.06. The molecule has 0 atom stereocenters. The minimum Gasteiger partial charge on any atom is -0.478 e. The maximum Gasteiger partial charge on any atom is 0.337 e. The lowest BCUT2D eigenvalue weighted by molar-refractivity contribution is 0.0696. The van der Waals surface area contributed by atoms with E-state index in [1.807, 2.05) is 19.3 Å². The maximum atomic E-state index is 10.7. The number of anilines is 1. The summed E-state index contributed by atoms with van der Waals surface area (Å²) in [5.41, 5.74) is 1.04. The van der Waals surface area contributed by atoms with Crippen molar-refractivity contribution in [1.29, 1.82) is 0 Å². The molecule has 0 unspecified atom stereocenters. The fraction of sp³-hybridized carbons (Fsp3) is 0.250. The first-order valence-corrected chi connectivity index (χ1v) is 6.05. The number of carboxylic acids is 1. The molecule has 0 spiro atoms. The highest BCUT2D eigenvalue weighted by atomic mass is 35.5. The molecule has 2 aromatic rings. The third-order valence-electron chi connectivity index (χ3n) is 2.53. The standard InChI is InChI=1S/C12H13ClN4O2/c1-17-5-3-9(16-17)2-4-14-11-10(13)6-8(7-15-11)12(18)19/h3,5-7H,2,4H2,1H3,(H,14,15)(H,18,19). The molecule has 0 bridgehead atoms. The minimum atomic E-state index is -1.05. The molecule has 6 nitrogen and oxygen atoms in total. The molecule has 7 heteroatoms. The van der Waals surface area contributed by atoms with Gasteiger partial charge in [0.2, 0.25) is 0 Å². The first-order valence-electron chi connectivity index (χ1n) is 5.67. The summed E-state index contributed by atoms with van der Waals surface area (Å²) in [7, 11) is 1.86. The second-order valence-corrected chi connectivity index (χ2v) is 4.42. The Morgan fingerprint density at radius 2 is 2.37 bits per heavy atom. The fourth-order valence-corrected chi connectivity index (χ4v) is 1.82. The van der Waals surface area contributed by atoms with Crippen LogP contribution in [0, 0.1) is 0 Å². The van der Waals surface area contributed by atoms with Crippen molar-refractivity contribution in [3.05, 3.63) is 40.8 Å². The van der Waals surface area contributed by atoms with Crippen LogP contribution in [0.2, 0.25) is 5.02 Å². The average molecular weight is 281 g/mol. The number of hydrogen-bond donors (Lipinski definition) is 2. The molecule has 0 aliphatic carbocycles. The number of carbonyl (C=O) groups is 1. The third kappa shape index (κ3) is 3.45. The van der Waals surface area contributed by atoms with Crippen molar-refractivity contribution < 1.29 is 9.90 Å². The van der Waals surface area contributed by atoms with E-state index in [0.717, 1.165) is 12.1 Å². The number of pyridine rings is 1. The number of aromatic nitrogens is 3. The molecule has 19 heavy (non-hydrogen) atoms. The molecule has 0 aromatic carbocycles. The number of hydrogen-bond acceptors (Lipinski definition) is 4. The van der Waals surface area contributed by atoms with Gasteiger partial charge in [0.25, 0.3) is 0 Å². The zero-order valence-corrected chi connectivity index (χ0v) is 11.1. The molecule has 0 fully saturated rings. The van der Waals surface area contributed by atoms with Gasteiger partial charge in [0.05, 0.1) is 16.3 Å². The Morgan fingerprint density at radius 3 is 2.95 bits per heavy atom. The Bertz CT molecular complexity index is 597. The van der Waals surface area contributed by atoms with E-state index in [0.29, 0.717) is 17.4 Å². The number of nitrogens with zero attached hydrogens (tertiary/aromatic N) is 3. The molecule has 0 radical (unpaired) electrons. The van der Waals surface area contributed by atoms with E-state index >= 15 is 0 Å². The van der Waals surface area contributed by atoms with Gasteiger partial charge in [-0.05, 0) is 12.1 Å². The molecule has 2 aromatic heterocycles. The van der Waals surface area contributed by atoms with Gasteiger partial charge in [0.15, 0.2) is 0 Å². The Hall–Kier alpha value is -2.08. The van der Waals surface area contributed by atoms with Crippen molar-refractivity contribution >= 4 is 23.4 Å². The number of halogens is 1. The van der Waals surface area contributed by atoms with Crippen molar-refractivity contribution in [2.45, 2.75) is 6.42 Å². The number of nitrogens with one attached hydrogen (secondary N) is 1. The summed E-state index contributed by atoms with van der Waals surface area (Å²) < 4.78 is 1.74. The second-order valence-electron chi connectivity index (χ2n) is 4.02. The van der Waals surface area contributed by atoms with Gasteiger partial charge < -0.3 is 10.4 Å². The number of aromatic carboxylic acids is 1. The van der Waals surface area contributed by atoms with E-state index < -0.39 is 5.97 Å². The molecule has 0 saturated carbocycles.